The van der Waals surface area contributed by atoms with Crippen molar-refractivity contribution in [1.29, 1.82) is 0 Å². The Hall–Kier alpha value is -1.13. The number of hydrogen-bond donors (Lipinski definition) is 2. The summed E-state index contributed by atoms with van der Waals surface area (Å²) in [5.41, 5.74) is 1.79. The van der Waals surface area contributed by atoms with Gasteiger partial charge >= 0.3 is 0 Å². The Morgan fingerprint density at radius 1 is 1.38 bits per heavy atom. The number of pyridine rings is 1. The van der Waals surface area contributed by atoms with E-state index < -0.39 is 0 Å². The molecule has 1 aromatic heterocycles. The number of rotatable bonds is 5. The van der Waals surface area contributed by atoms with Crippen LogP contribution < -0.4 is 4.90 Å². The van der Waals surface area contributed by atoms with Crippen molar-refractivity contribution in [1.82, 2.24) is 4.98 Å². The number of aryl methyl sites for hydroxylation is 1. The van der Waals surface area contributed by atoms with Crippen molar-refractivity contribution in [2.24, 2.45) is 0 Å². The fourth-order valence-electron chi connectivity index (χ4n) is 1.94. The molecule has 16 heavy (non-hydrogen) atoms. The van der Waals surface area contributed by atoms with Gasteiger partial charge in [-0.05, 0) is 37.5 Å². The monoisotopic (exact) mass is 222 g/mol. The third-order valence-electron chi connectivity index (χ3n) is 2.81. The average Bonchev–Trinajstić information content (AvgIpc) is 3.08. The predicted molar refractivity (Wildman–Crippen MR) is 62.4 cm³/mol. The fraction of sp³-hybridized carbons (Fsp3) is 0.583. The quantitative estimate of drug-likeness (QED) is 0.775. The van der Waals surface area contributed by atoms with Crippen molar-refractivity contribution in [3.05, 3.63) is 23.4 Å². The molecule has 0 amide bonds. The van der Waals surface area contributed by atoms with Gasteiger partial charge in [-0.2, -0.15) is 0 Å². The van der Waals surface area contributed by atoms with Crippen LogP contribution in [0.5, 0.6) is 0 Å². The summed E-state index contributed by atoms with van der Waals surface area (Å²) in [6.07, 6.45) is 2.34. The molecule has 0 radical (unpaired) electrons. The van der Waals surface area contributed by atoms with Gasteiger partial charge in [-0.25, -0.2) is 4.98 Å². The van der Waals surface area contributed by atoms with Gasteiger partial charge in [0, 0.05) is 18.3 Å². The first-order chi connectivity index (χ1) is 7.74. The Morgan fingerprint density at radius 3 is 2.69 bits per heavy atom. The lowest BCUT2D eigenvalue weighted by Gasteiger charge is -2.23. The summed E-state index contributed by atoms with van der Waals surface area (Å²) < 4.78 is 0. The molecule has 1 saturated carbocycles. The van der Waals surface area contributed by atoms with Gasteiger partial charge in [-0.1, -0.05) is 0 Å². The molecule has 1 aromatic rings. The first-order valence-electron chi connectivity index (χ1n) is 5.70. The first kappa shape index (κ1) is 11.4. The Bertz CT molecular complexity index is 364. The van der Waals surface area contributed by atoms with Crippen molar-refractivity contribution in [2.45, 2.75) is 32.4 Å². The second-order valence-corrected chi connectivity index (χ2v) is 4.28. The predicted octanol–water partition coefficient (Wildman–Crippen LogP) is 0.843. The second kappa shape index (κ2) is 4.80. The molecule has 0 unspecified atom stereocenters. The number of aliphatic hydroxyl groups excluding tert-OH is 2. The molecule has 2 N–H and O–H groups in total. The highest BCUT2D eigenvalue weighted by Crippen LogP contribution is 2.30. The number of aromatic nitrogens is 1. The van der Waals surface area contributed by atoms with Gasteiger partial charge in [0.05, 0.1) is 13.2 Å². The van der Waals surface area contributed by atoms with E-state index in [-0.39, 0.29) is 13.2 Å². The number of hydrogen-bond acceptors (Lipinski definition) is 4. The minimum atomic E-state index is 0.0357. The zero-order chi connectivity index (χ0) is 11.5. The van der Waals surface area contributed by atoms with Crippen molar-refractivity contribution in [2.75, 3.05) is 18.1 Å². The van der Waals surface area contributed by atoms with Crippen molar-refractivity contribution < 1.29 is 10.2 Å². The van der Waals surface area contributed by atoms with E-state index in [0.29, 0.717) is 12.6 Å². The topological polar surface area (TPSA) is 56.6 Å². The highest BCUT2D eigenvalue weighted by Gasteiger charge is 2.29. The van der Waals surface area contributed by atoms with E-state index in [1.807, 2.05) is 19.1 Å². The van der Waals surface area contributed by atoms with E-state index in [1.165, 1.54) is 12.8 Å². The van der Waals surface area contributed by atoms with Crippen LogP contribution in [0.15, 0.2) is 12.1 Å². The van der Waals surface area contributed by atoms with Gasteiger partial charge in [0.1, 0.15) is 5.82 Å². The van der Waals surface area contributed by atoms with Crippen LogP contribution in [0.25, 0.3) is 0 Å². The molecular weight excluding hydrogens is 204 g/mol. The maximum absolute atomic E-state index is 9.16. The lowest BCUT2D eigenvalue weighted by Crippen LogP contribution is -2.30. The van der Waals surface area contributed by atoms with Gasteiger partial charge in [-0.15, -0.1) is 0 Å². The summed E-state index contributed by atoms with van der Waals surface area (Å²) in [5, 5.41) is 18.2. The van der Waals surface area contributed by atoms with Crippen molar-refractivity contribution in [3.8, 4) is 0 Å². The van der Waals surface area contributed by atoms with Gasteiger partial charge in [0.25, 0.3) is 0 Å². The first-order valence-corrected chi connectivity index (χ1v) is 5.70. The Kier molecular flexibility index (Phi) is 3.41. The van der Waals surface area contributed by atoms with Crippen LogP contribution in [0.4, 0.5) is 5.82 Å². The molecular formula is C12H18N2O2. The summed E-state index contributed by atoms with van der Waals surface area (Å²) >= 11 is 0. The van der Waals surface area contributed by atoms with E-state index in [4.69, 9.17) is 10.2 Å². The molecule has 2 rings (SSSR count). The molecule has 1 fully saturated rings. The van der Waals surface area contributed by atoms with Gasteiger partial charge in [0.2, 0.25) is 0 Å². The number of nitrogens with zero attached hydrogens (tertiary/aromatic N) is 2. The standard InChI is InChI=1S/C12H18N2O2/c1-9-6-10(8-16)7-12(13-9)14(4-5-15)11-2-3-11/h6-7,11,15-16H,2-5,8H2,1H3. The summed E-state index contributed by atoms with van der Waals surface area (Å²) in [6, 6.07) is 4.31. The second-order valence-electron chi connectivity index (χ2n) is 4.28. The van der Waals surface area contributed by atoms with Crippen LogP contribution in [0.2, 0.25) is 0 Å². The molecule has 0 atom stereocenters. The lowest BCUT2D eigenvalue weighted by atomic mass is 10.2. The van der Waals surface area contributed by atoms with Crippen molar-refractivity contribution >= 4 is 5.82 Å². The third kappa shape index (κ3) is 2.51. The van der Waals surface area contributed by atoms with Gasteiger partial charge in [0.15, 0.2) is 0 Å². The zero-order valence-corrected chi connectivity index (χ0v) is 9.56. The molecule has 0 aromatic carbocycles. The van der Waals surface area contributed by atoms with Crippen LogP contribution >= 0.6 is 0 Å². The highest BCUT2D eigenvalue weighted by molar-refractivity contribution is 5.45. The average molecular weight is 222 g/mol. The summed E-state index contributed by atoms with van der Waals surface area (Å²) in [5.74, 6) is 0.876. The van der Waals surface area contributed by atoms with E-state index in [1.54, 1.807) is 0 Å². The molecule has 0 spiro atoms. The zero-order valence-electron chi connectivity index (χ0n) is 9.56. The molecule has 1 aliphatic carbocycles. The molecule has 1 aliphatic rings. The van der Waals surface area contributed by atoms with Crippen LogP contribution in [-0.4, -0.2) is 34.4 Å². The van der Waals surface area contributed by atoms with E-state index in [9.17, 15) is 0 Å². The Morgan fingerprint density at radius 2 is 2.12 bits per heavy atom. The Labute approximate surface area is 95.5 Å². The highest BCUT2D eigenvalue weighted by atomic mass is 16.3. The minimum Gasteiger partial charge on any atom is -0.395 e. The molecule has 4 nitrogen and oxygen atoms in total. The van der Waals surface area contributed by atoms with Crippen molar-refractivity contribution in [3.63, 3.8) is 0 Å². The van der Waals surface area contributed by atoms with Gasteiger partial charge in [-0.3, -0.25) is 0 Å². The SMILES string of the molecule is Cc1cc(CO)cc(N(CCO)C2CC2)n1. The largest absolute Gasteiger partial charge is 0.395 e. The molecule has 88 valence electrons. The fourth-order valence-corrected chi connectivity index (χ4v) is 1.94. The van der Waals surface area contributed by atoms with Crippen LogP contribution in [0.3, 0.4) is 0 Å². The molecule has 1 heterocycles. The smallest absolute Gasteiger partial charge is 0.129 e. The maximum Gasteiger partial charge on any atom is 0.129 e. The Balaban J connectivity index is 2.25. The molecule has 4 heteroatoms. The molecule has 0 bridgehead atoms. The van der Waals surface area contributed by atoms with Crippen LogP contribution in [-0.2, 0) is 6.61 Å². The van der Waals surface area contributed by atoms with Crippen LogP contribution in [0, 0.1) is 6.92 Å². The van der Waals surface area contributed by atoms with Gasteiger partial charge < -0.3 is 15.1 Å². The summed E-state index contributed by atoms with van der Waals surface area (Å²) in [7, 11) is 0. The lowest BCUT2D eigenvalue weighted by molar-refractivity contribution is 0.281. The molecule has 0 saturated heterocycles. The van der Waals surface area contributed by atoms with E-state index >= 15 is 0 Å². The summed E-state index contributed by atoms with van der Waals surface area (Å²) in [6.45, 7) is 2.72. The maximum atomic E-state index is 9.16. The third-order valence-corrected chi connectivity index (χ3v) is 2.81. The number of anilines is 1. The molecule has 0 aliphatic heterocycles. The van der Waals surface area contributed by atoms with Crippen LogP contribution in [0.1, 0.15) is 24.1 Å². The summed E-state index contributed by atoms with van der Waals surface area (Å²) in [4.78, 5) is 6.60. The van der Waals surface area contributed by atoms with E-state index in [0.717, 1.165) is 17.1 Å². The minimum absolute atomic E-state index is 0.0357. The number of aliphatic hydroxyl groups is 2. The van der Waals surface area contributed by atoms with E-state index in [2.05, 4.69) is 9.88 Å². The normalized spacial score (nSPS) is 15.2.